The predicted octanol–water partition coefficient (Wildman–Crippen LogP) is -11.6. The molecule has 0 atom stereocenters. The maximum atomic E-state index is 0. The third-order valence-corrected chi connectivity index (χ3v) is 0. The van der Waals surface area contributed by atoms with Crippen LogP contribution in [0, 0.1) is 0 Å². The molecule has 0 amide bonds. The average molecular weight is 199 g/mol. The first-order valence-corrected chi connectivity index (χ1v) is 0. The Labute approximate surface area is 65.3 Å². The van der Waals surface area contributed by atoms with Crippen molar-refractivity contribution in [3.8, 4) is 0 Å². The largest absolute Gasteiger partial charge is 3.00 e. The van der Waals surface area contributed by atoms with Gasteiger partial charge in [-0.15, -0.1) is 0 Å². The van der Waals surface area contributed by atoms with E-state index in [0.29, 0.717) is 0 Å². The van der Waals surface area contributed by atoms with E-state index in [1.807, 2.05) is 0 Å². The zero-order valence-electron chi connectivity index (χ0n) is 2.87. The first-order valence-electron chi connectivity index (χ1n) is 0. The summed E-state index contributed by atoms with van der Waals surface area (Å²) in [5.41, 5.74) is 0. The summed E-state index contributed by atoms with van der Waals surface area (Å²) in [5, 5.41) is 0. The number of halogens is 4. The number of hydrogen-bond acceptors (Lipinski definition) is 0. The summed E-state index contributed by atoms with van der Waals surface area (Å²) < 4.78 is 0. The maximum absolute atomic E-state index is 0. The molecule has 0 heterocycles. The Morgan fingerprint density at radius 3 is 0.667 bits per heavy atom. The van der Waals surface area contributed by atoms with Gasteiger partial charge in [-0.05, 0) is 0 Å². The molecule has 0 unspecified atom stereocenters. The molecule has 6 heavy (non-hydrogen) atoms. The number of hydrogen-bond donors (Lipinski definition) is 1. The minimum Gasteiger partial charge on any atom is -1.00 e. The molecule has 0 aromatic carbocycles. The van der Waals surface area contributed by atoms with Crippen LogP contribution >= 0.6 is 0 Å². The van der Waals surface area contributed by atoms with Crippen LogP contribution in [-0.2, 0) is 17.1 Å². The van der Waals surface area contributed by atoms with E-state index >= 15 is 0 Å². The topological polar surface area (TPSA) is 36.5 Å². The quantitative estimate of drug-likeness (QED) is 0.376. The Morgan fingerprint density at radius 2 is 0.667 bits per heavy atom. The minimum atomic E-state index is 0. The van der Waals surface area contributed by atoms with Crippen molar-refractivity contribution in [2.75, 3.05) is 0 Å². The molecule has 1 nitrogen and oxygen atoms in total. The van der Waals surface area contributed by atoms with Crippen LogP contribution in [0.4, 0.5) is 0 Å². The Balaban J connectivity index is 0. The van der Waals surface area contributed by atoms with Gasteiger partial charge in [-0.25, -0.2) is 0 Å². The van der Waals surface area contributed by atoms with E-state index in [1.165, 1.54) is 0 Å². The molecule has 0 aromatic heterocycles. The van der Waals surface area contributed by atoms with Crippen molar-refractivity contribution in [1.82, 2.24) is 6.15 Å². The molecule has 0 bridgehead atoms. The molecule has 0 aromatic rings. The van der Waals surface area contributed by atoms with Crippen molar-refractivity contribution >= 4 is 0 Å². The second-order valence-corrected chi connectivity index (χ2v) is 0. The summed E-state index contributed by atoms with van der Waals surface area (Å²) in [6.07, 6.45) is 0. The van der Waals surface area contributed by atoms with Crippen molar-refractivity contribution in [1.29, 1.82) is 0 Å². The molecular weight excluding hydrogens is 195 g/mol. The van der Waals surface area contributed by atoms with Gasteiger partial charge in [0, 0.05) is 0 Å². The van der Waals surface area contributed by atoms with Gasteiger partial charge in [0.2, 0.25) is 0 Å². The van der Waals surface area contributed by atoms with Crippen LogP contribution in [0.15, 0.2) is 0 Å². The number of quaternary nitrogens is 1. The Hall–Kier alpha value is 1.28. The molecule has 45 valence electrons. The minimum absolute atomic E-state index is 0. The van der Waals surface area contributed by atoms with Gasteiger partial charge in [0.15, 0.2) is 0 Å². The molecule has 0 spiro atoms. The van der Waals surface area contributed by atoms with Gasteiger partial charge in [0.25, 0.3) is 0 Å². The molecule has 0 aliphatic heterocycles. The van der Waals surface area contributed by atoms with E-state index in [2.05, 4.69) is 0 Å². The summed E-state index contributed by atoms with van der Waals surface area (Å²) in [6.45, 7) is 0. The van der Waals surface area contributed by atoms with Crippen LogP contribution in [0.5, 0.6) is 0 Å². The van der Waals surface area contributed by atoms with Gasteiger partial charge in [-0.3, -0.25) is 0 Å². The van der Waals surface area contributed by atoms with E-state index in [9.17, 15) is 0 Å². The van der Waals surface area contributed by atoms with Gasteiger partial charge in [0.1, 0.15) is 0 Å². The van der Waals surface area contributed by atoms with E-state index < -0.39 is 0 Å². The molecule has 6 heteroatoms. The Kier molecular flexibility index (Phi) is 3120. The SMILES string of the molecule is [Cl-].[Cl-].[Cl-].[F-].[Fe+3].[NH4+]. The van der Waals surface area contributed by atoms with Crippen molar-refractivity contribution in [3.63, 3.8) is 0 Å². The molecule has 0 aliphatic carbocycles. The monoisotopic (exact) mass is 198 g/mol. The summed E-state index contributed by atoms with van der Waals surface area (Å²) >= 11 is 0. The second-order valence-electron chi connectivity index (χ2n) is 0. The molecule has 0 rings (SSSR count). The fraction of sp³-hybridized carbons (Fsp3) is 0. The van der Waals surface area contributed by atoms with Crippen LogP contribution in [0.25, 0.3) is 0 Å². The van der Waals surface area contributed by atoms with Crippen LogP contribution in [0.3, 0.4) is 0 Å². The van der Waals surface area contributed by atoms with Crippen LogP contribution in [-0.4, -0.2) is 0 Å². The molecular formula is H4Cl3FFeN. The third-order valence-electron chi connectivity index (χ3n) is 0. The fourth-order valence-electron chi connectivity index (χ4n) is 0. The molecule has 0 saturated carbocycles. The zero-order chi connectivity index (χ0) is 0. The molecule has 0 fully saturated rings. The molecule has 4 N–H and O–H groups in total. The smallest absolute Gasteiger partial charge is 1.00 e. The average Bonchev–Trinajstić information content (AvgIpc) is 0. The standard InChI is InChI=1S/3ClH.FH.Fe.H3N/h4*1H;;1H3/q;;;;+3;/p-3. The van der Waals surface area contributed by atoms with Crippen molar-refractivity contribution < 1.29 is 59.0 Å². The van der Waals surface area contributed by atoms with E-state index in [1.54, 1.807) is 0 Å². The van der Waals surface area contributed by atoms with Gasteiger partial charge >= 0.3 is 17.1 Å². The molecule has 0 saturated heterocycles. The Bertz CT molecular complexity index is 10.8. The van der Waals surface area contributed by atoms with Gasteiger partial charge in [0.05, 0.1) is 0 Å². The van der Waals surface area contributed by atoms with Crippen molar-refractivity contribution in [3.05, 3.63) is 0 Å². The summed E-state index contributed by atoms with van der Waals surface area (Å²) in [4.78, 5) is 0. The van der Waals surface area contributed by atoms with Crippen LogP contribution < -0.4 is 48.1 Å². The van der Waals surface area contributed by atoms with E-state index in [4.69, 9.17) is 0 Å². The van der Waals surface area contributed by atoms with E-state index in [-0.39, 0.29) is 65.1 Å². The zero-order valence-corrected chi connectivity index (χ0v) is 6.24. The Morgan fingerprint density at radius 1 is 0.667 bits per heavy atom. The first kappa shape index (κ1) is 175. The predicted molar refractivity (Wildman–Crippen MR) is 5.98 cm³/mol. The normalized spacial score (nSPS) is 0. The molecule has 1 radical (unpaired) electrons. The van der Waals surface area contributed by atoms with E-state index in [0.717, 1.165) is 0 Å². The molecule has 0 aliphatic rings. The van der Waals surface area contributed by atoms with Gasteiger partial charge in [-0.2, -0.15) is 0 Å². The van der Waals surface area contributed by atoms with Gasteiger partial charge < -0.3 is 48.1 Å². The first-order chi connectivity index (χ1) is 0. The summed E-state index contributed by atoms with van der Waals surface area (Å²) in [6, 6.07) is 0. The van der Waals surface area contributed by atoms with Crippen LogP contribution in [0.2, 0.25) is 0 Å². The van der Waals surface area contributed by atoms with Gasteiger partial charge in [-0.1, -0.05) is 0 Å². The third kappa shape index (κ3) is 59.1. The summed E-state index contributed by atoms with van der Waals surface area (Å²) in [7, 11) is 0. The van der Waals surface area contributed by atoms with Crippen LogP contribution in [0.1, 0.15) is 0 Å². The fourth-order valence-corrected chi connectivity index (χ4v) is 0. The maximum Gasteiger partial charge on any atom is 3.00 e. The van der Waals surface area contributed by atoms with Crippen molar-refractivity contribution in [2.24, 2.45) is 0 Å². The van der Waals surface area contributed by atoms with Crippen molar-refractivity contribution in [2.45, 2.75) is 0 Å². The summed E-state index contributed by atoms with van der Waals surface area (Å²) in [5.74, 6) is 0. The second kappa shape index (κ2) is 107. The number of rotatable bonds is 0.